The number of amides is 3. The number of fused-ring (bicyclic) bond motifs is 3. The standard InChI is InChI=1S/C31H31F2N5O3/c32-22-16-25(33)24-6-4-12-35-31(9-1-2-10-31)30(41)38(26(24)17-22)18-28(40)36-23-8-7-19-13-20-5-3-11-34-29(20)37-27(39)15-21(19)14-23/h3,5,7-8,11,14,16-17,35H,1-2,4,6,9-10,12-13,15,18H2,(H,36,40)(H,34,37,39). The van der Waals surface area contributed by atoms with Crippen LogP contribution < -0.4 is 20.9 Å². The van der Waals surface area contributed by atoms with Gasteiger partial charge in [-0.05, 0) is 73.2 Å². The summed E-state index contributed by atoms with van der Waals surface area (Å²) in [6.07, 6.45) is 6.10. The molecule has 0 radical (unpaired) electrons. The Morgan fingerprint density at radius 3 is 2.66 bits per heavy atom. The lowest BCUT2D eigenvalue weighted by molar-refractivity contribution is -0.126. The first-order valence-electron chi connectivity index (χ1n) is 14.0. The Hall–Kier alpha value is -4.18. The Bertz CT molecular complexity index is 1540. The summed E-state index contributed by atoms with van der Waals surface area (Å²) in [5, 5.41) is 9.05. The smallest absolute Gasteiger partial charge is 0.247 e. The molecule has 1 aliphatic carbocycles. The zero-order valence-corrected chi connectivity index (χ0v) is 22.6. The van der Waals surface area contributed by atoms with E-state index in [0.29, 0.717) is 50.2 Å². The van der Waals surface area contributed by atoms with Crippen LogP contribution in [0.15, 0.2) is 48.7 Å². The molecule has 0 saturated heterocycles. The van der Waals surface area contributed by atoms with Crippen molar-refractivity contribution in [2.24, 2.45) is 0 Å². The Morgan fingerprint density at radius 1 is 1.00 bits per heavy atom. The second kappa shape index (κ2) is 11.0. The minimum absolute atomic E-state index is 0.0970. The van der Waals surface area contributed by atoms with Crippen molar-refractivity contribution < 1.29 is 23.2 Å². The molecule has 2 aromatic carbocycles. The van der Waals surface area contributed by atoms with E-state index in [1.54, 1.807) is 18.3 Å². The Kier molecular flexibility index (Phi) is 7.25. The molecule has 0 unspecified atom stereocenters. The molecule has 3 aromatic rings. The molecule has 10 heteroatoms. The maximum atomic E-state index is 14.9. The molecule has 1 saturated carbocycles. The second-order valence-electron chi connectivity index (χ2n) is 11.0. The van der Waals surface area contributed by atoms with E-state index in [1.807, 2.05) is 18.2 Å². The molecular weight excluding hydrogens is 528 g/mol. The van der Waals surface area contributed by atoms with Gasteiger partial charge in [-0.15, -0.1) is 0 Å². The second-order valence-corrected chi connectivity index (χ2v) is 11.0. The van der Waals surface area contributed by atoms with Crippen molar-refractivity contribution in [2.75, 3.05) is 28.6 Å². The number of rotatable bonds is 3. The zero-order valence-electron chi connectivity index (χ0n) is 22.6. The Morgan fingerprint density at radius 2 is 1.83 bits per heavy atom. The lowest BCUT2D eigenvalue weighted by Crippen LogP contribution is -2.58. The topological polar surface area (TPSA) is 103 Å². The molecule has 3 N–H and O–H groups in total. The summed E-state index contributed by atoms with van der Waals surface area (Å²) in [7, 11) is 0. The quantitative estimate of drug-likeness (QED) is 0.445. The van der Waals surface area contributed by atoms with E-state index in [2.05, 4.69) is 20.9 Å². The number of benzene rings is 2. The van der Waals surface area contributed by atoms with Crippen LogP contribution in [0.1, 0.15) is 54.4 Å². The fraction of sp³-hybridized carbons (Fsp3) is 0.355. The van der Waals surface area contributed by atoms with Crippen LogP contribution in [0, 0.1) is 11.6 Å². The van der Waals surface area contributed by atoms with E-state index >= 15 is 0 Å². The summed E-state index contributed by atoms with van der Waals surface area (Å²) in [4.78, 5) is 45.6. The number of hydrogen-bond acceptors (Lipinski definition) is 5. The highest BCUT2D eigenvalue weighted by Crippen LogP contribution is 2.36. The summed E-state index contributed by atoms with van der Waals surface area (Å²) in [5.74, 6) is -2.06. The largest absolute Gasteiger partial charge is 0.325 e. The third-order valence-corrected chi connectivity index (χ3v) is 8.28. The van der Waals surface area contributed by atoms with E-state index in [0.717, 1.165) is 41.7 Å². The maximum absolute atomic E-state index is 14.9. The van der Waals surface area contributed by atoms with Crippen LogP contribution >= 0.6 is 0 Å². The molecule has 3 heterocycles. The lowest BCUT2D eigenvalue weighted by Gasteiger charge is -2.35. The van der Waals surface area contributed by atoms with Gasteiger partial charge >= 0.3 is 0 Å². The van der Waals surface area contributed by atoms with Crippen LogP contribution in [0.2, 0.25) is 0 Å². The van der Waals surface area contributed by atoms with E-state index in [4.69, 9.17) is 0 Å². The molecule has 3 amide bonds. The molecule has 8 nitrogen and oxygen atoms in total. The maximum Gasteiger partial charge on any atom is 0.247 e. The van der Waals surface area contributed by atoms with Gasteiger partial charge in [0.1, 0.15) is 24.0 Å². The number of nitrogens with one attached hydrogen (secondary N) is 3. The SMILES string of the molecule is O=C(CN1C(=O)C2(CCCC2)NCCCc2c(F)cc(F)cc21)Nc1ccc2c(c1)CC(=O)Nc1ncccc1C2. The number of carbonyl (C=O) groups is 3. The van der Waals surface area contributed by atoms with Crippen molar-refractivity contribution in [3.05, 3.63) is 82.5 Å². The molecule has 1 fully saturated rings. The van der Waals surface area contributed by atoms with Gasteiger partial charge in [0.15, 0.2) is 0 Å². The van der Waals surface area contributed by atoms with Crippen LogP contribution in [-0.4, -0.2) is 41.3 Å². The monoisotopic (exact) mass is 559 g/mol. The van der Waals surface area contributed by atoms with Crippen molar-refractivity contribution in [1.82, 2.24) is 10.3 Å². The molecule has 212 valence electrons. The molecule has 1 spiro atoms. The number of anilines is 3. The molecule has 0 bridgehead atoms. The average molecular weight is 560 g/mol. The van der Waals surface area contributed by atoms with Gasteiger partial charge in [-0.2, -0.15) is 0 Å². The van der Waals surface area contributed by atoms with E-state index in [-0.39, 0.29) is 29.5 Å². The average Bonchev–Trinajstić information content (AvgIpc) is 3.42. The molecule has 2 aliphatic heterocycles. The number of aromatic nitrogens is 1. The van der Waals surface area contributed by atoms with Crippen LogP contribution in [0.3, 0.4) is 0 Å². The van der Waals surface area contributed by atoms with Crippen LogP contribution in [0.25, 0.3) is 0 Å². The van der Waals surface area contributed by atoms with E-state index in [9.17, 15) is 23.2 Å². The highest BCUT2D eigenvalue weighted by Gasteiger charge is 2.45. The van der Waals surface area contributed by atoms with Gasteiger partial charge in [-0.1, -0.05) is 25.0 Å². The summed E-state index contributed by atoms with van der Waals surface area (Å²) in [5.41, 5.74) is 2.51. The predicted molar refractivity (Wildman–Crippen MR) is 151 cm³/mol. The lowest BCUT2D eigenvalue weighted by atomic mass is 9.94. The van der Waals surface area contributed by atoms with Gasteiger partial charge in [0.2, 0.25) is 17.7 Å². The van der Waals surface area contributed by atoms with Crippen LogP contribution in [-0.2, 0) is 33.6 Å². The Balaban J connectivity index is 1.29. The van der Waals surface area contributed by atoms with Crippen molar-refractivity contribution in [2.45, 2.75) is 56.9 Å². The molecule has 6 rings (SSSR count). The minimum Gasteiger partial charge on any atom is -0.325 e. The molecule has 41 heavy (non-hydrogen) atoms. The summed E-state index contributed by atoms with van der Waals surface area (Å²) >= 11 is 0. The first-order valence-corrected chi connectivity index (χ1v) is 14.0. The highest BCUT2D eigenvalue weighted by molar-refractivity contribution is 6.07. The number of nitrogens with zero attached hydrogens (tertiary/aromatic N) is 2. The van der Waals surface area contributed by atoms with Crippen LogP contribution in [0.4, 0.5) is 26.0 Å². The third-order valence-electron chi connectivity index (χ3n) is 8.28. The fourth-order valence-electron chi connectivity index (χ4n) is 6.27. The van der Waals surface area contributed by atoms with Gasteiger partial charge in [-0.3, -0.25) is 14.4 Å². The fourth-order valence-corrected chi connectivity index (χ4v) is 6.27. The van der Waals surface area contributed by atoms with Crippen LogP contribution in [0.5, 0.6) is 0 Å². The first kappa shape index (κ1) is 27.0. The molecule has 0 atom stereocenters. The minimum atomic E-state index is -0.869. The molecular formula is C31H31F2N5O3. The van der Waals surface area contributed by atoms with Crippen molar-refractivity contribution in [1.29, 1.82) is 0 Å². The number of pyridine rings is 1. The highest BCUT2D eigenvalue weighted by atomic mass is 19.1. The molecule has 3 aliphatic rings. The van der Waals surface area contributed by atoms with Crippen molar-refractivity contribution >= 4 is 34.9 Å². The molecule has 1 aromatic heterocycles. The number of halogens is 2. The summed E-state index contributed by atoms with van der Waals surface area (Å²) < 4.78 is 29.4. The van der Waals surface area contributed by atoms with Gasteiger partial charge in [0.25, 0.3) is 0 Å². The zero-order chi connectivity index (χ0) is 28.6. The van der Waals surface area contributed by atoms with Gasteiger partial charge in [-0.25, -0.2) is 13.8 Å². The predicted octanol–water partition coefficient (Wildman–Crippen LogP) is 4.27. The van der Waals surface area contributed by atoms with Gasteiger partial charge in [0, 0.05) is 29.9 Å². The van der Waals surface area contributed by atoms with E-state index in [1.165, 1.54) is 4.90 Å². The normalized spacial score (nSPS) is 18.1. The Labute approximate surface area is 236 Å². The van der Waals surface area contributed by atoms with Crippen molar-refractivity contribution in [3.8, 4) is 0 Å². The summed E-state index contributed by atoms with van der Waals surface area (Å²) in [6.45, 7) is 0.111. The summed E-state index contributed by atoms with van der Waals surface area (Å²) in [6, 6.07) is 11.1. The third kappa shape index (κ3) is 5.44. The number of hydrogen-bond donors (Lipinski definition) is 3. The van der Waals surface area contributed by atoms with Gasteiger partial charge in [0.05, 0.1) is 17.6 Å². The van der Waals surface area contributed by atoms with E-state index < -0.39 is 29.6 Å². The van der Waals surface area contributed by atoms with Gasteiger partial charge < -0.3 is 20.9 Å². The number of carbonyl (C=O) groups excluding carboxylic acids is 3. The first-order chi connectivity index (χ1) is 19.8. The van der Waals surface area contributed by atoms with Crippen molar-refractivity contribution in [3.63, 3.8) is 0 Å².